The van der Waals surface area contributed by atoms with Gasteiger partial charge < -0.3 is 89.9 Å². The lowest BCUT2D eigenvalue weighted by molar-refractivity contribution is -0.379. The van der Waals surface area contributed by atoms with E-state index in [0.717, 1.165) is 44.9 Å². The van der Waals surface area contributed by atoms with Crippen LogP contribution in [0.15, 0.2) is 48.6 Å². The van der Waals surface area contributed by atoms with Crippen LogP contribution in [0.1, 0.15) is 303 Å². The molecule has 0 aromatic rings. The van der Waals surface area contributed by atoms with Gasteiger partial charge in [0.1, 0.15) is 73.2 Å². The summed E-state index contributed by atoms with van der Waals surface area (Å²) in [5.74, 6) is -0.282. The largest absolute Gasteiger partial charge is 0.394 e. The summed E-state index contributed by atoms with van der Waals surface area (Å²) >= 11 is 0. The van der Waals surface area contributed by atoms with Gasteiger partial charge in [0.15, 0.2) is 18.9 Å². The molecule has 0 radical (unpaired) electrons. The highest BCUT2D eigenvalue weighted by molar-refractivity contribution is 5.76. The van der Waals surface area contributed by atoms with E-state index in [1.807, 2.05) is 6.08 Å². The summed E-state index contributed by atoms with van der Waals surface area (Å²) in [5.41, 5.74) is 0. The molecule has 3 aliphatic rings. The van der Waals surface area contributed by atoms with Crippen molar-refractivity contribution < 1.29 is 89.4 Å². The standard InChI is InChI=1S/C77H141NO18/c1-3-5-7-9-11-13-15-17-19-21-23-25-27-29-30-31-33-35-37-39-41-43-45-47-49-51-53-55-65(83)78-60(61(82)54-52-50-48-46-44-42-40-38-36-34-32-28-26-24-22-20-18-16-14-12-10-8-6-4-2)59-91-75-71(89)68(86)73(63(57-80)93-75)96-77-72(90)69(87)74(64(58-81)94-77)95-76-70(88)67(85)66(84)62(56-79)92-76/h15,17,21,23,44,46,52,54,60-64,66-77,79-82,84-90H,3-14,16,18-20,22,24-43,45,47-51,53,55-59H2,1-2H3,(H,78,83)/b17-15-,23-21-,46-44+,54-52+. The Morgan fingerprint density at radius 2 is 0.698 bits per heavy atom. The van der Waals surface area contributed by atoms with E-state index in [0.29, 0.717) is 12.8 Å². The summed E-state index contributed by atoms with van der Waals surface area (Å²) in [6.45, 7) is 1.74. The number of carbonyl (C=O) groups excluding carboxylic acids is 1. The minimum Gasteiger partial charge on any atom is -0.394 e. The van der Waals surface area contributed by atoms with Gasteiger partial charge in [0.25, 0.3) is 0 Å². The molecule has 17 unspecified atom stereocenters. The molecule has 19 heteroatoms. The fraction of sp³-hybridized carbons (Fsp3) is 0.883. The van der Waals surface area contributed by atoms with Gasteiger partial charge in [-0.2, -0.15) is 0 Å². The van der Waals surface area contributed by atoms with E-state index in [2.05, 4.69) is 55.6 Å². The number of unbranched alkanes of at least 4 members (excludes halogenated alkanes) is 39. The Morgan fingerprint density at radius 1 is 0.375 bits per heavy atom. The smallest absolute Gasteiger partial charge is 0.220 e. The van der Waals surface area contributed by atoms with Gasteiger partial charge in [0.2, 0.25) is 5.91 Å². The topological polar surface area (TPSA) is 307 Å². The number of hydrogen-bond acceptors (Lipinski definition) is 18. The molecule has 12 N–H and O–H groups in total. The Morgan fingerprint density at radius 3 is 1.10 bits per heavy atom. The SMILES string of the molecule is CCCCCCC/C=C\C/C=C\CCCCCCCCCCCCCCCCCC(=O)NC(COC1OC(CO)C(OC2OC(CO)C(OC3OC(CO)C(O)C(O)C3O)C(O)C2O)C(O)C1O)C(O)/C=C/CC/C=C/CCCCCCCCCCCCCCCCCCCC. The van der Waals surface area contributed by atoms with Crippen molar-refractivity contribution in [3.8, 4) is 0 Å². The van der Waals surface area contributed by atoms with E-state index < -0.39 is 124 Å². The zero-order valence-corrected chi connectivity index (χ0v) is 59.9. The third kappa shape index (κ3) is 38.7. The maximum Gasteiger partial charge on any atom is 0.220 e. The average molecular weight is 1370 g/mol. The molecule has 3 saturated heterocycles. The first kappa shape index (κ1) is 88.0. The Bertz CT molecular complexity index is 1930. The van der Waals surface area contributed by atoms with E-state index in [-0.39, 0.29) is 18.9 Å². The molecule has 3 fully saturated rings. The summed E-state index contributed by atoms with van der Waals surface area (Å²) < 4.78 is 34.4. The summed E-state index contributed by atoms with van der Waals surface area (Å²) in [4.78, 5) is 13.5. The Hall–Kier alpha value is -2.25. The number of aliphatic hydroxyl groups excluding tert-OH is 11. The molecule has 17 atom stereocenters. The van der Waals surface area contributed by atoms with Crippen molar-refractivity contribution in [3.05, 3.63) is 48.6 Å². The fourth-order valence-corrected chi connectivity index (χ4v) is 13.1. The lowest BCUT2D eigenvalue weighted by atomic mass is 9.96. The third-order valence-corrected chi connectivity index (χ3v) is 19.3. The van der Waals surface area contributed by atoms with Crippen molar-refractivity contribution in [1.29, 1.82) is 0 Å². The lowest BCUT2D eigenvalue weighted by Gasteiger charge is -2.48. The van der Waals surface area contributed by atoms with E-state index in [4.69, 9.17) is 28.4 Å². The summed E-state index contributed by atoms with van der Waals surface area (Å²) in [6, 6.07) is -0.992. The number of nitrogens with one attached hydrogen (secondary N) is 1. The van der Waals surface area contributed by atoms with Gasteiger partial charge >= 0.3 is 0 Å². The number of ether oxygens (including phenoxy) is 6. The molecule has 0 spiro atoms. The molecule has 0 aliphatic carbocycles. The number of aliphatic hydroxyl groups is 11. The van der Waals surface area contributed by atoms with Crippen LogP contribution in [0.25, 0.3) is 0 Å². The summed E-state index contributed by atoms with van der Waals surface area (Å²) in [7, 11) is 0. The van der Waals surface area contributed by atoms with Gasteiger partial charge in [0, 0.05) is 6.42 Å². The lowest BCUT2D eigenvalue weighted by Crippen LogP contribution is -2.66. The predicted octanol–water partition coefficient (Wildman–Crippen LogP) is 12.1. The van der Waals surface area contributed by atoms with Gasteiger partial charge in [-0.3, -0.25) is 4.79 Å². The molecule has 0 saturated carbocycles. The van der Waals surface area contributed by atoms with Crippen molar-refractivity contribution in [2.45, 2.75) is 407 Å². The second-order valence-corrected chi connectivity index (χ2v) is 27.8. The number of rotatable bonds is 61. The van der Waals surface area contributed by atoms with Gasteiger partial charge in [0.05, 0.1) is 38.6 Å². The molecule has 3 rings (SSSR count). The summed E-state index contributed by atoms with van der Waals surface area (Å²) in [6.07, 6.45) is 45.2. The van der Waals surface area contributed by atoms with Crippen LogP contribution >= 0.6 is 0 Å². The second kappa shape index (κ2) is 58.3. The third-order valence-electron chi connectivity index (χ3n) is 19.3. The van der Waals surface area contributed by atoms with Gasteiger partial charge in [-0.1, -0.05) is 281 Å². The quantitative estimate of drug-likeness (QED) is 0.0199. The van der Waals surface area contributed by atoms with Crippen LogP contribution in [0, 0.1) is 0 Å². The molecular formula is C77H141NO18. The molecule has 19 nitrogen and oxygen atoms in total. The highest BCUT2D eigenvalue weighted by atomic mass is 16.8. The Balaban J connectivity index is 1.41. The van der Waals surface area contributed by atoms with Crippen LogP contribution in [-0.2, 0) is 33.2 Å². The van der Waals surface area contributed by atoms with Crippen LogP contribution in [0.2, 0.25) is 0 Å². The highest BCUT2D eigenvalue weighted by Gasteiger charge is 2.53. The molecule has 0 aromatic carbocycles. The number of carbonyl (C=O) groups is 1. The van der Waals surface area contributed by atoms with Crippen LogP contribution in [0.5, 0.6) is 0 Å². The molecule has 1 amide bonds. The highest BCUT2D eigenvalue weighted by Crippen LogP contribution is 2.33. The molecule has 3 heterocycles. The monoisotopic (exact) mass is 1370 g/mol. The van der Waals surface area contributed by atoms with E-state index in [1.165, 1.54) is 225 Å². The van der Waals surface area contributed by atoms with Crippen molar-refractivity contribution in [1.82, 2.24) is 5.32 Å². The first-order valence-electron chi connectivity index (χ1n) is 38.9. The van der Waals surface area contributed by atoms with Crippen molar-refractivity contribution in [2.24, 2.45) is 0 Å². The van der Waals surface area contributed by atoms with E-state index >= 15 is 0 Å². The minimum absolute atomic E-state index is 0.236. The number of amides is 1. The summed E-state index contributed by atoms with van der Waals surface area (Å²) in [5, 5.41) is 121. The van der Waals surface area contributed by atoms with Crippen molar-refractivity contribution in [2.75, 3.05) is 26.4 Å². The average Bonchev–Trinajstić information content (AvgIpc) is 1.09. The zero-order valence-electron chi connectivity index (χ0n) is 59.9. The predicted molar refractivity (Wildman–Crippen MR) is 379 cm³/mol. The second-order valence-electron chi connectivity index (χ2n) is 27.8. The Kier molecular flexibility index (Phi) is 53.4. The molecular weight excluding hydrogens is 1230 g/mol. The molecule has 96 heavy (non-hydrogen) atoms. The Labute approximate surface area is 580 Å². The fourth-order valence-electron chi connectivity index (χ4n) is 13.1. The molecule has 0 aromatic heterocycles. The molecule has 3 aliphatic heterocycles. The van der Waals surface area contributed by atoms with Crippen LogP contribution < -0.4 is 5.32 Å². The first-order chi connectivity index (χ1) is 46.8. The van der Waals surface area contributed by atoms with Crippen LogP contribution in [-0.4, -0.2) is 193 Å². The zero-order chi connectivity index (χ0) is 69.6. The van der Waals surface area contributed by atoms with Gasteiger partial charge in [-0.25, -0.2) is 0 Å². The normalized spacial score (nSPS) is 27.3. The molecule has 0 bridgehead atoms. The molecule has 562 valence electrons. The number of allylic oxidation sites excluding steroid dienone is 7. The number of hydrogen-bond donors (Lipinski definition) is 12. The minimum atomic E-state index is -1.98. The van der Waals surface area contributed by atoms with Gasteiger partial charge in [-0.05, 0) is 64.2 Å². The van der Waals surface area contributed by atoms with E-state index in [1.54, 1.807) is 6.08 Å². The van der Waals surface area contributed by atoms with Gasteiger partial charge in [-0.15, -0.1) is 0 Å². The first-order valence-corrected chi connectivity index (χ1v) is 38.9. The van der Waals surface area contributed by atoms with Crippen LogP contribution in [0.3, 0.4) is 0 Å². The van der Waals surface area contributed by atoms with Crippen molar-refractivity contribution >= 4 is 5.91 Å². The maximum atomic E-state index is 13.5. The van der Waals surface area contributed by atoms with E-state index in [9.17, 15) is 61.0 Å². The van der Waals surface area contributed by atoms with Crippen molar-refractivity contribution in [3.63, 3.8) is 0 Å². The maximum absolute atomic E-state index is 13.5. The van der Waals surface area contributed by atoms with Crippen LogP contribution in [0.4, 0.5) is 0 Å².